The van der Waals surface area contributed by atoms with Crippen molar-refractivity contribution in [1.82, 2.24) is 9.88 Å². The smallest absolute Gasteiger partial charge is 0.303 e. The SMILES string of the molecule is COc1ccc2nccc(C(F)CC[C@@H]3CCN(CCCSc4c(F)cc(F)c(F)c4F)C[C@@H]3CC(=O)O)c2c1. The summed E-state index contributed by atoms with van der Waals surface area (Å²) in [5.74, 6) is -6.10. The summed E-state index contributed by atoms with van der Waals surface area (Å²) >= 11 is 0.778. The number of hydrogen-bond donors (Lipinski definition) is 1. The van der Waals surface area contributed by atoms with E-state index in [0.29, 0.717) is 67.2 Å². The summed E-state index contributed by atoms with van der Waals surface area (Å²) < 4.78 is 75.1. The zero-order chi connectivity index (χ0) is 28.8. The van der Waals surface area contributed by atoms with Crippen LogP contribution in [0.1, 0.15) is 43.8 Å². The van der Waals surface area contributed by atoms with E-state index in [4.69, 9.17) is 4.74 Å². The Bertz CT molecular complexity index is 1340. The van der Waals surface area contributed by atoms with Crippen molar-refractivity contribution < 1.29 is 36.6 Å². The number of ether oxygens (including phenoxy) is 1. The van der Waals surface area contributed by atoms with Crippen LogP contribution in [0.5, 0.6) is 5.75 Å². The monoisotopic (exact) mass is 582 g/mol. The van der Waals surface area contributed by atoms with Crippen LogP contribution in [0.25, 0.3) is 10.9 Å². The van der Waals surface area contributed by atoms with Crippen molar-refractivity contribution in [1.29, 1.82) is 0 Å². The molecule has 1 aliphatic heterocycles. The Labute approximate surface area is 233 Å². The lowest BCUT2D eigenvalue weighted by Gasteiger charge is -2.38. The highest BCUT2D eigenvalue weighted by atomic mass is 32.2. The lowest BCUT2D eigenvalue weighted by atomic mass is 9.79. The zero-order valence-corrected chi connectivity index (χ0v) is 22.8. The molecular formula is C29H31F5N2O3S. The van der Waals surface area contributed by atoms with Crippen LogP contribution in [0.4, 0.5) is 22.0 Å². The molecule has 0 bridgehead atoms. The van der Waals surface area contributed by atoms with Crippen LogP contribution in [-0.2, 0) is 4.79 Å². The number of carbonyl (C=O) groups is 1. The van der Waals surface area contributed by atoms with E-state index >= 15 is 4.39 Å². The van der Waals surface area contributed by atoms with Crippen molar-refractivity contribution in [3.8, 4) is 5.75 Å². The van der Waals surface area contributed by atoms with Gasteiger partial charge < -0.3 is 14.7 Å². The van der Waals surface area contributed by atoms with Gasteiger partial charge in [-0.25, -0.2) is 22.0 Å². The molecule has 1 aromatic heterocycles. The number of carboxylic acid groups (broad SMARTS) is 1. The molecule has 0 aliphatic carbocycles. The van der Waals surface area contributed by atoms with Gasteiger partial charge in [-0.05, 0) is 86.2 Å². The van der Waals surface area contributed by atoms with Crippen molar-refractivity contribution in [2.75, 3.05) is 32.5 Å². The van der Waals surface area contributed by atoms with E-state index in [1.165, 1.54) is 0 Å². The van der Waals surface area contributed by atoms with Crippen LogP contribution in [0, 0.1) is 35.1 Å². The van der Waals surface area contributed by atoms with Gasteiger partial charge in [-0.2, -0.15) is 0 Å². The molecule has 0 saturated carbocycles. The summed E-state index contributed by atoms with van der Waals surface area (Å²) in [6, 6.07) is 7.32. The number of halogens is 5. The highest BCUT2D eigenvalue weighted by Gasteiger charge is 2.31. The second-order valence-corrected chi connectivity index (χ2v) is 11.1. The summed E-state index contributed by atoms with van der Waals surface area (Å²) in [7, 11) is 1.55. The number of pyridine rings is 1. The maximum Gasteiger partial charge on any atom is 0.303 e. The van der Waals surface area contributed by atoms with Crippen LogP contribution in [0.2, 0.25) is 0 Å². The van der Waals surface area contributed by atoms with Gasteiger partial charge in [0.15, 0.2) is 17.5 Å². The molecule has 216 valence electrons. The molecule has 5 nitrogen and oxygen atoms in total. The van der Waals surface area contributed by atoms with E-state index in [1.807, 2.05) is 0 Å². The minimum atomic E-state index is -1.70. The number of aromatic nitrogens is 1. The maximum absolute atomic E-state index is 15.5. The van der Waals surface area contributed by atoms with E-state index in [0.717, 1.165) is 11.8 Å². The third-order valence-electron chi connectivity index (χ3n) is 7.46. The second kappa shape index (κ2) is 13.6. The predicted molar refractivity (Wildman–Crippen MR) is 143 cm³/mol. The molecule has 1 unspecified atom stereocenters. The fourth-order valence-corrected chi connectivity index (χ4v) is 6.29. The van der Waals surface area contributed by atoms with Gasteiger partial charge in [-0.1, -0.05) is 0 Å². The first-order valence-electron chi connectivity index (χ1n) is 13.1. The summed E-state index contributed by atoms with van der Waals surface area (Å²) in [5.41, 5.74) is 1.20. The molecule has 1 saturated heterocycles. The number of nitrogens with zero attached hydrogens (tertiary/aromatic N) is 2. The molecule has 1 fully saturated rings. The lowest BCUT2D eigenvalue weighted by Crippen LogP contribution is -2.42. The quantitative estimate of drug-likeness (QED) is 0.0802. The normalized spacial score (nSPS) is 18.6. The third kappa shape index (κ3) is 7.23. The van der Waals surface area contributed by atoms with Gasteiger partial charge in [0, 0.05) is 30.6 Å². The molecule has 1 aliphatic rings. The van der Waals surface area contributed by atoms with Gasteiger partial charge >= 0.3 is 5.97 Å². The molecule has 3 aromatic rings. The lowest BCUT2D eigenvalue weighted by molar-refractivity contribution is -0.139. The molecule has 0 amide bonds. The Balaban J connectivity index is 1.32. The molecule has 3 atom stereocenters. The van der Waals surface area contributed by atoms with E-state index in [2.05, 4.69) is 9.88 Å². The minimum absolute atomic E-state index is 0.0342. The molecule has 40 heavy (non-hydrogen) atoms. The number of aliphatic carboxylic acids is 1. The fourth-order valence-electron chi connectivity index (χ4n) is 5.40. The number of benzene rings is 2. The first-order valence-corrected chi connectivity index (χ1v) is 14.1. The van der Waals surface area contributed by atoms with Crippen LogP contribution in [0.15, 0.2) is 41.4 Å². The molecular weight excluding hydrogens is 551 g/mol. The number of likely N-dealkylation sites (tertiary alicyclic amines) is 1. The fraction of sp³-hybridized carbons (Fsp3) is 0.448. The van der Waals surface area contributed by atoms with E-state index in [9.17, 15) is 27.5 Å². The Kier molecular flexibility index (Phi) is 10.2. The summed E-state index contributed by atoms with van der Waals surface area (Å²) in [4.78, 5) is 17.4. The average molecular weight is 583 g/mol. The first-order chi connectivity index (χ1) is 19.2. The average Bonchev–Trinajstić information content (AvgIpc) is 2.94. The van der Waals surface area contributed by atoms with Crippen molar-refractivity contribution in [2.45, 2.75) is 43.2 Å². The number of piperidine rings is 1. The molecule has 0 radical (unpaired) electrons. The van der Waals surface area contributed by atoms with Gasteiger partial charge in [0.25, 0.3) is 0 Å². The topological polar surface area (TPSA) is 62.7 Å². The molecule has 2 heterocycles. The standard InChI is InChI=1S/C29H31F5N2O3S/c1-39-19-4-6-25-21(14-19)20(7-9-35-25)22(30)5-3-17-8-11-36(16-18(17)13-26(37)38)10-2-12-40-29-24(32)15-23(31)27(33)28(29)34/h4,6-7,9,14-15,17-18,22H,2-3,5,8,10-13,16H2,1H3,(H,37,38)/t17-,18+,22?/m1/s1. The number of fused-ring (bicyclic) bond motifs is 1. The van der Waals surface area contributed by atoms with Gasteiger partial charge in [-0.15, -0.1) is 11.8 Å². The number of hydrogen-bond acceptors (Lipinski definition) is 5. The first kappa shape index (κ1) is 30.0. The number of thioether (sulfide) groups is 1. The highest BCUT2D eigenvalue weighted by molar-refractivity contribution is 7.99. The maximum atomic E-state index is 15.5. The number of methoxy groups -OCH3 is 1. The summed E-state index contributed by atoms with van der Waals surface area (Å²) in [5, 5.41) is 10.2. The van der Waals surface area contributed by atoms with Crippen molar-refractivity contribution in [3.63, 3.8) is 0 Å². The van der Waals surface area contributed by atoms with E-state index in [-0.39, 0.29) is 30.4 Å². The molecule has 11 heteroatoms. The minimum Gasteiger partial charge on any atom is -0.497 e. The number of carboxylic acids is 1. The van der Waals surface area contributed by atoms with Crippen LogP contribution < -0.4 is 4.74 Å². The van der Waals surface area contributed by atoms with E-state index < -0.39 is 40.3 Å². The summed E-state index contributed by atoms with van der Waals surface area (Å²) in [6.07, 6.45) is 2.30. The van der Waals surface area contributed by atoms with Crippen LogP contribution in [0.3, 0.4) is 0 Å². The molecule has 1 N–H and O–H groups in total. The molecule has 4 rings (SSSR count). The van der Waals surface area contributed by atoms with Crippen LogP contribution >= 0.6 is 11.8 Å². The van der Waals surface area contributed by atoms with Crippen molar-refractivity contribution >= 4 is 28.6 Å². The van der Waals surface area contributed by atoms with Gasteiger partial charge in [0.2, 0.25) is 0 Å². The van der Waals surface area contributed by atoms with Gasteiger partial charge in [-0.3, -0.25) is 9.78 Å². The molecule has 2 aromatic carbocycles. The highest BCUT2D eigenvalue weighted by Crippen LogP contribution is 2.36. The van der Waals surface area contributed by atoms with Crippen molar-refractivity contribution in [3.05, 3.63) is 65.4 Å². The second-order valence-electron chi connectivity index (χ2n) is 10.0. The largest absolute Gasteiger partial charge is 0.497 e. The number of rotatable bonds is 12. The van der Waals surface area contributed by atoms with Crippen molar-refractivity contribution in [2.24, 2.45) is 11.8 Å². The Morgan fingerprint density at radius 2 is 1.95 bits per heavy atom. The van der Waals surface area contributed by atoms with Gasteiger partial charge in [0.1, 0.15) is 17.7 Å². The van der Waals surface area contributed by atoms with Gasteiger partial charge in [0.05, 0.1) is 17.5 Å². The molecule has 0 spiro atoms. The summed E-state index contributed by atoms with van der Waals surface area (Å²) in [6.45, 7) is 1.76. The van der Waals surface area contributed by atoms with E-state index in [1.54, 1.807) is 37.6 Å². The zero-order valence-electron chi connectivity index (χ0n) is 22.0. The Morgan fingerprint density at radius 3 is 2.70 bits per heavy atom. The Hall–Kier alpha value is -2.92. The third-order valence-corrected chi connectivity index (χ3v) is 8.62. The van der Waals surface area contributed by atoms with Crippen LogP contribution in [-0.4, -0.2) is 53.5 Å². The predicted octanol–water partition coefficient (Wildman–Crippen LogP) is 7.19. The Morgan fingerprint density at radius 1 is 1.15 bits per heavy atom. The number of alkyl halides is 1.